The molecule has 28 heavy (non-hydrogen) atoms. The van der Waals surface area contributed by atoms with Crippen molar-refractivity contribution in [2.24, 2.45) is 11.8 Å². The molecule has 0 spiro atoms. The number of rotatable bonds is 5. The van der Waals surface area contributed by atoms with Gasteiger partial charge in [0, 0.05) is 42.8 Å². The van der Waals surface area contributed by atoms with Crippen LogP contribution in [0.5, 0.6) is 0 Å². The SMILES string of the molecule is O=C(NCC1CCN(c2ccccc2)C1)C1CC(=O)N(c2ccccc2Br)C1. The third kappa shape index (κ3) is 4.07. The van der Waals surface area contributed by atoms with Gasteiger partial charge >= 0.3 is 0 Å². The molecule has 2 amide bonds. The predicted molar refractivity (Wildman–Crippen MR) is 114 cm³/mol. The molecule has 0 radical (unpaired) electrons. The molecule has 2 fully saturated rings. The summed E-state index contributed by atoms with van der Waals surface area (Å²) in [5.74, 6) is 0.149. The summed E-state index contributed by atoms with van der Waals surface area (Å²) < 4.78 is 0.872. The molecule has 2 unspecified atom stereocenters. The second-order valence-electron chi connectivity index (χ2n) is 7.54. The first-order valence-electron chi connectivity index (χ1n) is 9.74. The third-order valence-corrected chi connectivity index (χ3v) is 6.28. The van der Waals surface area contributed by atoms with Crippen LogP contribution in [0.4, 0.5) is 11.4 Å². The van der Waals surface area contributed by atoms with Crippen LogP contribution in [-0.4, -0.2) is 38.0 Å². The second-order valence-corrected chi connectivity index (χ2v) is 8.39. The lowest BCUT2D eigenvalue weighted by atomic mass is 10.1. The Balaban J connectivity index is 1.29. The highest BCUT2D eigenvalue weighted by Crippen LogP contribution is 2.31. The first kappa shape index (κ1) is 19.0. The van der Waals surface area contributed by atoms with Gasteiger partial charge in [0.05, 0.1) is 11.6 Å². The number of carbonyl (C=O) groups is 2. The van der Waals surface area contributed by atoms with Gasteiger partial charge in [-0.1, -0.05) is 30.3 Å². The van der Waals surface area contributed by atoms with Crippen LogP contribution in [0.3, 0.4) is 0 Å². The number of anilines is 2. The number of carbonyl (C=O) groups excluding carboxylic acids is 2. The highest BCUT2D eigenvalue weighted by molar-refractivity contribution is 9.10. The van der Waals surface area contributed by atoms with Crippen LogP contribution in [0, 0.1) is 11.8 Å². The van der Waals surface area contributed by atoms with Crippen molar-refractivity contribution in [3.63, 3.8) is 0 Å². The Labute approximate surface area is 173 Å². The molecular formula is C22H24BrN3O2. The van der Waals surface area contributed by atoms with Crippen molar-refractivity contribution in [2.75, 3.05) is 36.0 Å². The van der Waals surface area contributed by atoms with Gasteiger partial charge in [-0.15, -0.1) is 0 Å². The van der Waals surface area contributed by atoms with Gasteiger partial charge in [-0.2, -0.15) is 0 Å². The van der Waals surface area contributed by atoms with Gasteiger partial charge in [-0.25, -0.2) is 0 Å². The molecule has 6 heteroatoms. The van der Waals surface area contributed by atoms with Gasteiger partial charge in [0.15, 0.2) is 0 Å². The number of para-hydroxylation sites is 2. The molecule has 2 aromatic carbocycles. The molecule has 0 saturated carbocycles. The van der Waals surface area contributed by atoms with Crippen LogP contribution in [-0.2, 0) is 9.59 Å². The number of halogens is 1. The Kier molecular flexibility index (Phi) is 5.67. The second kappa shape index (κ2) is 8.35. The number of nitrogens with zero attached hydrogens (tertiary/aromatic N) is 2. The maximum Gasteiger partial charge on any atom is 0.227 e. The Morgan fingerprint density at radius 1 is 1.07 bits per heavy atom. The Hall–Kier alpha value is -2.34. The van der Waals surface area contributed by atoms with Crippen molar-refractivity contribution in [2.45, 2.75) is 12.8 Å². The normalized spacial score (nSPS) is 22.0. The molecule has 4 rings (SSSR count). The van der Waals surface area contributed by atoms with Gasteiger partial charge in [0.25, 0.3) is 0 Å². The largest absolute Gasteiger partial charge is 0.371 e. The fourth-order valence-corrected chi connectivity index (χ4v) is 4.55. The van der Waals surface area contributed by atoms with E-state index < -0.39 is 0 Å². The first-order chi connectivity index (χ1) is 13.6. The van der Waals surface area contributed by atoms with Crippen LogP contribution < -0.4 is 15.1 Å². The lowest BCUT2D eigenvalue weighted by Gasteiger charge is -2.19. The van der Waals surface area contributed by atoms with Crippen molar-refractivity contribution in [3.8, 4) is 0 Å². The topological polar surface area (TPSA) is 52.7 Å². The van der Waals surface area contributed by atoms with Gasteiger partial charge in [0.1, 0.15) is 0 Å². The molecule has 0 aliphatic carbocycles. The van der Waals surface area contributed by atoms with Gasteiger partial charge in [0.2, 0.25) is 11.8 Å². The summed E-state index contributed by atoms with van der Waals surface area (Å²) >= 11 is 3.49. The van der Waals surface area contributed by atoms with Crippen LogP contribution >= 0.6 is 15.9 Å². The summed E-state index contributed by atoms with van der Waals surface area (Å²) in [6.07, 6.45) is 1.34. The smallest absolute Gasteiger partial charge is 0.227 e. The van der Waals surface area contributed by atoms with E-state index in [2.05, 4.69) is 50.4 Å². The van der Waals surface area contributed by atoms with Gasteiger partial charge in [-0.05, 0) is 52.5 Å². The lowest BCUT2D eigenvalue weighted by Crippen LogP contribution is -2.36. The van der Waals surface area contributed by atoms with E-state index in [9.17, 15) is 9.59 Å². The number of hydrogen-bond acceptors (Lipinski definition) is 3. The van der Waals surface area contributed by atoms with Crippen molar-refractivity contribution in [1.29, 1.82) is 0 Å². The van der Waals surface area contributed by atoms with Crippen molar-refractivity contribution in [1.82, 2.24) is 5.32 Å². The van der Waals surface area contributed by atoms with E-state index in [4.69, 9.17) is 0 Å². The molecule has 2 atom stereocenters. The van der Waals surface area contributed by atoms with Crippen LogP contribution in [0.25, 0.3) is 0 Å². The molecule has 0 bridgehead atoms. The highest BCUT2D eigenvalue weighted by Gasteiger charge is 2.36. The van der Waals surface area contributed by atoms with Crippen LogP contribution in [0.1, 0.15) is 12.8 Å². The molecule has 2 heterocycles. The Morgan fingerprint density at radius 3 is 2.61 bits per heavy atom. The third-order valence-electron chi connectivity index (χ3n) is 5.61. The van der Waals surface area contributed by atoms with Crippen molar-refractivity contribution < 1.29 is 9.59 Å². The molecule has 0 aromatic heterocycles. The van der Waals surface area contributed by atoms with Crippen LogP contribution in [0.2, 0.25) is 0 Å². The summed E-state index contributed by atoms with van der Waals surface area (Å²) in [4.78, 5) is 29.1. The zero-order valence-corrected chi connectivity index (χ0v) is 17.3. The number of benzene rings is 2. The molecule has 2 aliphatic rings. The van der Waals surface area contributed by atoms with Crippen molar-refractivity contribution in [3.05, 3.63) is 59.1 Å². The monoisotopic (exact) mass is 441 g/mol. The van der Waals surface area contributed by atoms with Gasteiger partial charge < -0.3 is 15.1 Å². The summed E-state index contributed by atoms with van der Waals surface area (Å²) in [7, 11) is 0. The zero-order chi connectivity index (χ0) is 19.5. The summed E-state index contributed by atoms with van der Waals surface area (Å²) in [5, 5.41) is 3.09. The van der Waals surface area contributed by atoms with Crippen LogP contribution in [0.15, 0.2) is 59.1 Å². The minimum atomic E-state index is -0.286. The molecule has 2 saturated heterocycles. The van der Waals surface area contributed by atoms with E-state index in [0.717, 1.165) is 29.7 Å². The summed E-state index contributed by atoms with van der Waals surface area (Å²) in [6.45, 7) is 3.08. The van der Waals surface area contributed by atoms with E-state index in [1.54, 1.807) is 4.90 Å². The standard InChI is InChI=1S/C22H24BrN3O2/c23-19-8-4-5-9-20(19)26-15-17(12-21(26)27)22(28)24-13-16-10-11-25(14-16)18-6-2-1-3-7-18/h1-9,16-17H,10-15H2,(H,24,28). The van der Waals surface area contributed by atoms with Gasteiger partial charge in [-0.3, -0.25) is 9.59 Å². The summed E-state index contributed by atoms with van der Waals surface area (Å²) in [6, 6.07) is 18.0. The maximum atomic E-state index is 12.6. The Bertz CT molecular complexity index is 858. The molecule has 2 aliphatic heterocycles. The fourth-order valence-electron chi connectivity index (χ4n) is 4.05. The average Bonchev–Trinajstić information content (AvgIpc) is 3.34. The zero-order valence-electron chi connectivity index (χ0n) is 15.7. The molecular weight excluding hydrogens is 418 g/mol. The van der Waals surface area contributed by atoms with E-state index >= 15 is 0 Å². The summed E-state index contributed by atoms with van der Waals surface area (Å²) in [5.41, 5.74) is 2.07. The quantitative estimate of drug-likeness (QED) is 0.772. The predicted octanol–water partition coefficient (Wildman–Crippen LogP) is 3.44. The number of hydrogen-bond donors (Lipinski definition) is 1. The van der Waals surface area contributed by atoms with E-state index in [1.165, 1.54) is 5.69 Å². The van der Waals surface area contributed by atoms with E-state index in [0.29, 0.717) is 19.0 Å². The molecule has 2 aromatic rings. The van der Waals surface area contributed by atoms with E-state index in [-0.39, 0.29) is 24.2 Å². The van der Waals surface area contributed by atoms with E-state index in [1.807, 2.05) is 30.3 Å². The Morgan fingerprint density at radius 2 is 1.82 bits per heavy atom. The molecule has 5 nitrogen and oxygen atoms in total. The number of nitrogens with one attached hydrogen (secondary N) is 1. The molecule has 1 N–H and O–H groups in total. The average molecular weight is 442 g/mol. The first-order valence-corrected chi connectivity index (χ1v) is 10.5. The van der Waals surface area contributed by atoms with Crippen molar-refractivity contribution >= 4 is 39.1 Å². The lowest BCUT2D eigenvalue weighted by molar-refractivity contribution is -0.126. The molecule has 146 valence electrons. The fraction of sp³-hybridized carbons (Fsp3) is 0.364. The highest BCUT2D eigenvalue weighted by atomic mass is 79.9. The number of amides is 2. The minimum Gasteiger partial charge on any atom is -0.371 e. The maximum absolute atomic E-state index is 12.6. The minimum absolute atomic E-state index is 0.00293.